The predicted octanol–water partition coefficient (Wildman–Crippen LogP) is 9.80. The van der Waals surface area contributed by atoms with Gasteiger partial charge in [-0.05, 0) is 114 Å². The number of ether oxygens (including phenoxy) is 3. The fraction of sp³-hybridized carbons (Fsp3) is 0.833. The third-order valence-electron chi connectivity index (χ3n) is 12.2. The summed E-state index contributed by atoms with van der Waals surface area (Å²) in [7, 11) is -4.69. The lowest BCUT2D eigenvalue weighted by Gasteiger charge is -2.43. The Bertz CT molecular complexity index is 1980. The number of hydrogen-bond acceptors (Lipinski definition) is 14. The number of hydroxylamine groups is 4. The number of amides is 5. The number of piperidine rings is 2. The predicted molar refractivity (Wildman–Crippen MR) is 260 cm³/mol. The first-order valence-electron chi connectivity index (χ1n) is 25.3. The van der Waals surface area contributed by atoms with Gasteiger partial charge in [-0.3, -0.25) is 5.32 Å². The molecule has 5 amide bonds. The Morgan fingerprint density at radius 1 is 0.812 bits per heavy atom. The molecule has 3 fully saturated rings. The molecule has 21 heteroatoms. The van der Waals surface area contributed by atoms with Gasteiger partial charge in [0.25, 0.3) is 0 Å². The molecule has 1 N–H and O–H groups in total. The van der Waals surface area contributed by atoms with E-state index in [2.05, 4.69) is 43.2 Å². The molecular formula is C48H84N8O12S. The molecule has 1 aromatic heterocycles. The number of likely N-dealkylation sites (tertiary alicyclic amines) is 1. The van der Waals surface area contributed by atoms with Crippen LogP contribution in [0.3, 0.4) is 0 Å². The summed E-state index contributed by atoms with van der Waals surface area (Å²) in [5.74, 6) is 0.462. The van der Waals surface area contributed by atoms with E-state index in [1.54, 1.807) is 88.1 Å². The van der Waals surface area contributed by atoms with Crippen molar-refractivity contribution in [1.29, 1.82) is 0 Å². The van der Waals surface area contributed by atoms with Crippen LogP contribution >= 0.6 is 0 Å². The van der Waals surface area contributed by atoms with Crippen molar-refractivity contribution in [3.05, 3.63) is 17.5 Å². The molecular weight excluding hydrogens is 913 g/mol. The van der Waals surface area contributed by atoms with E-state index in [-0.39, 0.29) is 31.5 Å². The molecule has 3 saturated heterocycles. The number of aliphatic imine (C=N–C) groups is 1. The van der Waals surface area contributed by atoms with Crippen molar-refractivity contribution in [1.82, 2.24) is 35.3 Å². The first-order valence-corrected chi connectivity index (χ1v) is 26.6. The number of aromatic nitrogens is 1. The van der Waals surface area contributed by atoms with Gasteiger partial charge in [0.15, 0.2) is 0 Å². The van der Waals surface area contributed by atoms with Gasteiger partial charge in [-0.1, -0.05) is 71.4 Å². The molecule has 0 radical (unpaired) electrons. The minimum Gasteiger partial charge on any atom is -0.444 e. The second kappa shape index (κ2) is 24.8. The van der Waals surface area contributed by atoms with Crippen LogP contribution in [0.4, 0.5) is 19.2 Å². The van der Waals surface area contributed by atoms with Gasteiger partial charge >= 0.3 is 34.7 Å². The fourth-order valence-electron chi connectivity index (χ4n) is 9.05. The highest BCUT2D eigenvalue weighted by Crippen LogP contribution is 2.40. The molecule has 0 spiro atoms. The van der Waals surface area contributed by atoms with E-state index < -0.39 is 69.1 Å². The minimum absolute atomic E-state index is 0.0201. The van der Waals surface area contributed by atoms with Crippen molar-refractivity contribution in [2.75, 3.05) is 32.7 Å². The maximum Gasteiger partial charge on any atom is 0.437 e. The summed E-state index contributed by atoms with van der Waals surface area (Å²) >= 11 is 0. The zero-order valence-corrected chi connectivity index (χ0v) is 44.7. The molecule has 2 bridgehead atoms. The molecule has 1 aromatic rings. The summed E-state index contributed by atoms with van der Waals surface area (Å²) in [6.07, 6.45) is 8.56. The summed E-state index contributed by atoms with van der Waals surface area (Å²) in [6.45, 7) is 25.6. The van der Waals surface area contributed by atoms with E-state index >= 15 is 0 Å². The van der Waals surface area contributed by atoms with Gasteiger partial charge in [-0.15, -0.1) is 9.28 Å². The van der Waals surface area contributed by atoms with Gasteiger partial charge in [0, 0.05) is 56.8 Å². The third kappa shape index (κ3) is 17.6. The Kier molecular flexibility index (Phi) is 20.6. The molecule has 0 aliphatic carbocycles. The maximum absolute atomic E-state index is 14.0. The number of unbranched alkanes of at least 4 members (excludes halogenated alkanes) is 3. The lowest BCUT2D eigenvalue weighted by Crippen LogP contribution is -2.54. The van der Waals surface area contributed by atoms with Crippen molar-refractivity contribution < 1.29 is 54.9 Å². The van der Waals surface area contributed by atoms with E-state index in [1.807, 2.05) is 0 Å². The highest BCUT2D eigenvalue weighted by Gasteiger charge is 2.50. The zero-order valence-electron chi connectivity index (χ0n) is 43.9. The van der Waals surface area contributed by atoms with Crippen LogP contribution in [0.1, 0.15) is 197 Å². The van der Waals surface area contributed by atoms with Gasteiger partial charge in [0.1, 0.15) is 28.3 Å². The molecule has 394 valence electrons. The molecule has 2 atom stereocenters. The lowest BCUT2D eigenvalue weighted by molar-refractivity contribution is -0.172. The van der Waals surface area contributed by atoms with Crippen LogP contribution in [-0.2, 0) is 39.6 Å². The van der Waals surface area contributed by atoms with Crippen molar-refractivity contribution in [3.8, 4) is 0 Å². The molecule has 0 saturated carbocycles. The van der Waals surface area contributed by atoms with Crippen LogP contribution in [0.2, 0.25) is 0 Å². The number of guanidine groups is 1. The van der Waals surface area contributed by atoms with Gasteiger partial charge in [-0.2, -0.15) is 22.8 Å². The number of rotatable bonds is 21. The average Bonchev–Trinajstić information content (AvgIpc) is 3.80. The lowest BCUT2D eigenvalue weighted by atomic mass is 9.82. The number of nitrogens with zero attached hydrogens (tertiary/aromatic N) is 7. The monoisotopic (exact) mass is 997 g/mol. The molecule has 69 heavy (non-hydrogen) atoms. The van der Waals surface area contributed by atoms with E-state index in [1.165, 1.54) is 0 Å². The van der Waals surface area contributed by atoms with E-state index in [4.69, 9.17) is 27.3 Å². The summed E-state index contributed by atoms with van der Waals surface area (Å²) in [5, 5.41) is 9.55. The molecule has 20 nitrogen and oxygen atoms in total. The first kappa shape index (κ1) is 57.4. The van der Waals surface area contributed by atoms with Crippen LogP contribution in [0, 0.1) is 0 Å². The highest BCUT2D eigenvalue weighted by molar-refractivity contribution is 7.81. The second-order valence-corrected chi connectivity index (χ2v) is 22.7. The Morgan fingerprint density at radius 2 is 1.42 bits per heavy atom. The molecule has 0 unspecified atom stereocenters. The first-order chi connectivity index (χ1) is 32.2. The Morgan fingerprint density at radius 3 is 1.99 bits per heavy atom. The fourth-order valence-corrected chi connectivity index (χ4v) is 9.91. The van der Waals surface area contributed by atoms with Crippen LogP contribution in [0.5, 0.6) is 0 Å². The molecule has 3 aliphatic rings. The summed E-state index contributed by atoms with van der Waals surface area (Å²) < 4.78 is 61.6. The molecule has 0 aromatic carbocycles. The topological polar surface area (TPSA) is 215 Å². The van der Waals surface area contributed by atoms with E-state index in [0.717, 1.165) is 69.3 Å². The Hall–Kier alpha value is -4.21. The maximum atomic E-state index is 14.0. The number of carbonyl (C=O) groups excluding carboxylic acids is 4. The average molecular weight is 997 g/mol. The van der Waals surface area contributed by atoms with Crippen LogP contribution in [-0.4, -0.2) is 136 Å². The third-order valence-corrected chi connectivity index (χ3v) is 12.9. The van der Waals surface area contributed by atoms with Crippen LogP contribution in [0.25, 0.3) is 0 Å². The number of urea groups is 1. The number of hydrogen-bond donors (Lipinski definition) is 1. The van der Waals surface area contributed by atoms with Crippen molar-refractivity contribution in [2.24, 2.45) is 4.99 Å². The largest absolute Gasteiger partial charge is 0.444 e. The molecule has 3 aliphatic heterocycles. The molecule has 4 heterocycles. The van der Waals surface area contributed by atoms with E-state index in [9.17, 15) is 27.6 Å². The number of alkyl carbamates (subject to hydrolysis) is 1. The van der Waals surface area contributed by atoms with Gasteiger partial charge in [0.05, 0.1) is 12.1 Å². The summed E-state index contributed by atoms with van der Waals surface area (Å²) in [6, 6.07) is -0.128. The van der Waals surface area contributed by atoms with Crippen molar-refractivity contribution >= 4 is 40.7 Å². The number of nitrogens with one attached hydrogen (secondary N) is 1. The van der Waals surface area contributed by atoms with Crippen LogP contribution < -0.4 is 5.32 Å². The van der Waals surface area contributed by atoms with Gasteiger partial charge < -0.3 is 33.4 Å². The smallest absolute Gasteiger partial charge is 0.437 e. The van der Waals surface area contributed by atoms with Crippen molar-refractivity contribution in [3.63, 3.8) is 0 Å². The summed E-state index contributed by atoms with van der Waals surface area (Å²) in [4.78, 5) is 62.4. The standard InChI is InChI=1S/C48H84N8O12S/c1-14-18-27-48(26-17-4,28-19-15-2)55(29-20-16-3)67-69(61,62)68-56-36-21-22-39(54(34-36)43(56)59)38-33-37(66-51-38)25-32-53(44(60)65-47(11,12)13)35-23-30-52(31-24-35)40(49-41(57)63-45(5,6)7)50-42(58)64-46(8,9)10/h33,35-36,39H,14-32,34H2,1-13H3,(H,49,50,57,58)/t36-,39-/m0/s1. The molecule has 4 rings (SSSR count). The normalized spacial score (nSPS) is 18.8. The Labute approximate surface area is 411 Å². The SMILES string of the molecule is CCCCN(OS(=O)(=O)ON1C(=O)N2C[C@@H]1CC[C@H]2c1cc(CCN(C(=O)OC(C)(C)C)C2CCN(/C(=N\C(=O)OC(C)(C)C)NC(=O)OC(C)(C)C)CC2)on1)C(CCC)(CCCC)CCCC. The number of carbonyl (C=O) groups is 4. The zero-order chi connectivity index (χ0) is 51.4. The highest BCUT2D eigenvalue weighted by atomic mass is 32.3. The van der Waals surface area contributed by atoms with E-state index in [0.29, 0.717) is 56.8 Å². The quantitative estimate of drug-likeness (QED) is 0.0525. The van der Waals surface area contributed by atoms with Crippen LogP contribution in [0.15, 0.2) is 15.6 Å². The van der Waals surface area contributed by atoms with Gasteiger partial charge in [0.2, 0.25) is 5.96 Å². The van der Waals surface area contributed by atoms with Gasteiger partial charge in [-0.25, -0.2) is 19.2 Å². The van der Waals surface area contributed by atoms with Crippen molar-refractivity contribution in [2.45, 2.75) is 227 Å². The number of fused-ring (bicyclic) bond motifs is 2. The second-order valence-electron chi connectivity index (χ2n) is 21.6. The Balaban J connectivity index is 1.46. The summed E-state index contributed by atoms with van der Waals surface area (Å²) in [5.41, 5.74) is -2.36. The minimum atomic E-state index is -4.69.